The van der Waals surface area contributed by atoms with Crippen molar-refractivity contribution in [3.8, 4) is 11.5 Å². The number of carbonyl (C=O) groups excluding carboxylic acids is 1. The largest absolute Gasteiger partial charge is 0.507 e. The van der Waals surface area contributed by atoms with Crippen molar-refractivity contribution in [3.63, 3.8) is 0 Å². The first-order chi connectivity index (χ1) is 10.9. The number of hydrogen-bond acceptors (Lipinski definition) is 4. The van der Waals surface area contributed by atoms with Gasteiger partial charge in [0.05, 0.1) is 18.1 Å². The Morgan fingerprint density at radius 1 is 1.26 bits per heavy atom. The van der Waals surface area contributed by atoms with Crippen LogP contribution in [0.3, 0.4) is 0 Å². The van der Waals surface area contributed by atoms with Crippen LogP contribution in [0, 0.1) is 5.92 Å². The number of Topliss-reactive ketones (excluding diaryl/α,β-unsaturated/α-hetero) is 1. The van der Waals surface area contributed by atoms with Crippen LogP contribution in [0.15, 0.2) is 12.1 Å². The molecule has 1 atom stereocenters. The molecule has 0 saturated carbocycles. The number of carbonyl (C=O) groups is 2. The van der Waals surface area contributed by atoms with E-state index < -0.39 is 5.97 Å². The molecule has 0 aliphatic rings. The summed E-state index contributed by atoms with van der Waals surface area (Å²) in [5.41, 5.74) is 0.982. The molecule has 5 heteroatoms. The molecular weight excluding hydrogens is 296 g/mol. The van der Waals surface area contributed by atoms with Crippen LogP contribution in [0.25, 0.3) is 0 Å². The van der Waals surface area contributed by atoms with Crippen LogP contribution in [0.5, 0.6) is 11.5 Å². The van der Waals surface area contributed by atoms with Crippen molar-refractivity contribution in [1.29, 1.82) is 0 Å². The Kier molecular flexibility index (Phi) is 7.59. The van der Waals surface area contributed by atoms with Crippen LogP contribution < -0.4 is 4.74 Å². The number of carboxylic acid groups (broad SMARTS) is 1. The van der Waals surface area contributed by atoms with E-state index in [1.807, 2.05) is 6.92 Å². The molecule has 1 aromatic rings. The summed E-state index contributed by atoms with van der Waals surface area (Å²) in [6, 6.07) is 3.31. The van der Waals surface area contributed by atoms with Crippen LogP contribution in [0.4, 0.5) is 0 Å². The van der Waals surface area contributed by atoms with Crippen molar-refractivity contribution in [1.82, 2.24) is 0 Å². The molecule has 0 saturated heterocycles. The van der Waals surface area contributed by atoms with Gasteiger partial charge < -0.3 is 14.9 Å². The van der Waals surface area contributed by atoms with Gasteiger partial charge in [0.15, 0.2) is 5.78 Å². The van der Waals surface area contributed by atoms with E-state index in [0.717, 1.165) is 19.3 Å². The molecule has 0 spiro atoms. The molecule has 0 fully saturated rings. The van der Waals surface area contributed by atoms with Crippen LogP contribution in [0.1, 0.15) is 62.4 Å². The molecule has 0 aliphatic heterocycles. The number of hydrogen-bond donors (Lipinski definition) is 2. The monoisotopic (exact) mass is 322 g/mol. The lowest BCUT2D eigenvalue weighted by molar-refractivity contribution is -0.141. The van der Waals surface area contributed by atoms with Crippen LogP contribution in [-0.4, -0.2) is 28.6 Å². The fourth-order valence-corrected chi connectivity index (χ4v) is 2.39. The number of ether oxygens (including phenoxy) is 1. The summed E-state index contributed by atoms with van der Waals surface area (Å²) in [7, 11) is 0. The van der Waals surface area contributed by atoms with Gasteiger partial charge in [-0.1, -0.05) is 20.3 Å². The number of rotatable bonds is 10. The SMILES string of the molecule is CCCc1c(OCCCCC(C)C(=O)O)ccc(C(C)=O)c1O. The molecule has 1 rings (SSSR count). The zero-order chi connectivity index (χ0) is 17.4. The highest BCUT2D eigenvalue weighted by atomic mass is 16.5. The second-order valence-corrected chi connectivity index (χ2v) is 5.83. The van der Waals surface area contributed by atoms with Crippen molar-refractivity contribution >= 4 is 11.8 Å². The van der Waals surface area contributed by atoms with Gasteiger partial charge in [0, 0.05) is 5.56 Å². The Balaban J connectivity index is 2.64. The van der Waals surface area contributed by atoms with E-state index >= 15 is 0 Å². The minimum atomic E-state index is -0.777. The third kappa shape index (κ3) is 5.58. The van der Waals surface area contributed by atoms with E-state index in [0.29, 0.717) is 36.3 Å². The van der Waals surface area contributed by atoms with Crippen molar-refractivity contribution < 1.29 is 24.5 Å². The Hall–Kier alpha value is -2.04. The Morgan fingerprint density at radius 3 is 2.52 bits per heavy atom. The second kappa shape index (κ2) is 9.18. The fraction of sp³-hybridized carbons (Fsp3) is 0.556. The summed E-state index contributed by atoms with van der Waals surface area (Å²) in [6.07, 6.45) is 3.61. The number of ketones is 1. The zero-order valence-electron chi connectivity index (χ0n) is 14.1. The summed E-state index contributed by atoms with van der Waals surface area (Å²) in [5, 5.41) is 19.1. The maximum Gasteiger partial charge on any atom is 0.306 e. The van der Waals surface area contributed by atoms with E-state index in [9.17, 15) is 14.7 Å². The average Bonchev–Trinajstić information content (AvgIpc) is 2.49. The summed E-state index contributed by atoms with van der Waals surface area (Å²) in [6.45, 7) is 5.58. The highest BCUT2D eigenvalue weighted by Crippen LogP contribution is 2.33. The molecule has 1 unspecified atom stereocenters. The summed E-state index contributed by atoms with van der Waals surface area (Å²) in [4.78, 5) is 22.2. The Bertz CT molecular complexity index is 551. The average molecular weight is 322 g/mol. The lowest BCUT2D eigenvalue weighted by Gasteiger charge is -2.15. The van der Waals surface area contributed by atoms with Crippen molar-refractivity contribution in [2.45, 2.75) is 52.9 Å². The maximum absolute atomic E-state index is 11.5. The summed E-state index contributed by atoms with van der Waals surface area (Å²) >= 11 is 0. The topological polar surface area (TPSA) is 83.8 Å². The third-order valence-electron chi connectivity index (χ3n) is 3.83. The van der Waals surface area contributed by atoms with Gasteiger partial charge in [-0.25, -0.2) is 0 Å². The number of phenols is 1. The van der Waals surface area contributed by atoms with Gasteiger partial charge in [0.1, 0.15) is 11.5 Å². The normalized spacial score (nSPS) is 12.0. The number of aromatic hydroxyl groups is 1. The summed E-state index contributed by atoms with van der Waals surface area (Å²) in [5.74, 6) is -0.684. The van der Waals surface area contributed by atoms with Crippen LogP contribution in [-0.2, 0) is 11.2 Å². The molecule has 2 N–H and O–H groups in total. The molecule has 1 aromatic carbocycles. The minimum absolute atomic E-state index is 0.0105. The van der Waals surface area contributed by atoms with E-state index in [-0.39, 0.29) is 17.5 Å². The Morgan fingerprint density at radius 2 is 1.96 bits per heavy atom. The number of benzene rings is 1. The van der Waals surface area contributed by atoms with Gasteiger partial charge in [-0.2, -0.15) is 0 Å². The molecule has 23 heavy (non-hydrogen) atoms. The molecule has 0 aromatic heterocycles. The first kappa shape index (κ1) is 19.0. The highest BCUT2D eigenvalue weighted by molar-refractivity contribution is 5.97. The van der Waals surface area contributed by atoms with Gasteiger partial charge in [-0.15, -0.1) is 0 Å². The number of unbranched alkanes of at least 4 members (excludes halogenated alkanes) is 1. The Labute approximate surface area is 137 Å². The van der Waals surface area contributed by atoms with Gasteiger partial charge in [0.2, 0.25) is 0 Å². The zero-order valence-corrected chi connectivity index (χ0v) is 14.1. The maximum atomic E-state index is 11.5. The van der Waals surface area contributed by atoms with Crippen molar-refractivity contribution in [2.75, 3.05) is 6.61 Å². The second-order valence-electron chi connectivity index (χ2n) is 5.83. The number of aliphatic carboxylic acids is 1. The molecule has 0 aliphatic carbocycles. The predicted octanol–water partition coefficient (Wildman–Crippen LogP) is 3.82. The van der Waals surface area contributed by atoms with Gasteiger partial charge >= 0.3 is 5.97 Å². The minimum Gasteiger partial charge on any atom is -0.507 e. The third-order valence-corrected chi connectivity index (χ3v) is 3.83. The van der Waals surface area contributed by atoms with E-state index in [1.54, 1.807) is 19.1 Å². The molecule has 128 valence electrons. The quantitative estimate of drug-likeness (QED) is 0.505. The van der Waals surface area contributed by atoms with Crippen LogP contribution in [0.2, 0.25) is 0 Å². The lowest BCUT2D eigenvalue weighted by Crippen LogP contribution is -2.10. The van der Waals surface area contributed by atoms with Crippen LogP contribution >= 0.6 is 0 Å². The fourth-order valence-electron chi connectivity index (χ4n) is 2.39. The highest BCUT2D eigenvalue weighted by Gasteiger charge is 2.16. The smallest absolute Gasteiger partial charge is 0.306 e. The molecular formula is C18H26O5. The molecule has 0 radical (unpaired) electrons. The number of carboxylic acids is 1. The van der Waals surface area contributed by atoms with Crippen molar-refractivity contribution in [3.05, 3.63) is 23.3 Å². The van der Waals surface area contributed by atoms with E-state index in [2.05, 4.69) is 0 Å². The first-order valence-electron chi connectivity index (χ1n) is 8.09. The van der Waals surface area contributed by atoms with E-state index in [4.69, 9.17) is 9.84 Å². The van der Waals surface area contributed by atoms with E-state index in [1.165, 1.54) is 6.92 Å². The van der Waals surface area contributed by atoms with Gasteiger partial charge in [-0.05, 0) is 44.7 Å². The summed E-state index contributed by atoms with van der Waals surface area (Å²) < 4.78 is 5.73. The van der Waals surface area contributed by atoms with Gasteiger partial charge in [-0.3, -0.25) is 9.59 Å². The lowest BCUT2D eigenvalue weighted by atomic mass is 10.0. The van der Waals surface area contributed by atoms with Crippen molar-refractivity contribution in [2.24, 2.45) is 5.92 Å². The predicted molar refractivity (Wildman–Crippen MR) is 88.3 cm³/mol. The molecule has 0 bridgehead atoms. The first-order valence-corrected chi connectivity index (χ1v) is 8.09. The molecule has 0 heterocycles. The molecule has 5 nitrogen and oxygen atoms in total. The number of phenolic OH excluding ortho intramolecular Hbond substituents is 1. The van der Waals surface area contributed by atoms with Gasteiger partial charge in [0.25, 0.3) is 0 Å². The molecule has 0 amide bonds. The standard InChI is InChI=1S/C18H26O5/c1-4-7-15-16(10-9-14(13(3)19)17(15)20)23-11-6-5-8-12(2)18(21)22/h9-10,12,20H,4-8,11H2,1-3H3,(H,21,22).